The standard InChI is InChI=1S/C15H19FN4O2S/c16-12-7-10(3-4-13(12)19-5-1-2-6-19)20-9-11(22-15(20)21)8-18-14(17)23/h3-4,7,11H,1-2,5-6,8-9H2,(H3,17,18,23)/t11-/m1/s1. The Morgan fingerprint density at radius 2 is 2.17 bits per heavy atom. The van der Waals surface area contributed by atoms with Gasteiger partial charge in [-0.3, -0.25) is 4.90 Å². The highest BCUT2D eigenvalue weighted by Crippen LogP contribution is 2.29. The molecule has 0 saturated carbocycles. The van der Waals surface area contributed by atoms with Crippen LogP contribution in [-0.2, 0) is 4.74 Å². The number of ether oxygens (including phenoxy) is 1. The molecule has 1 amide bonds. The van der Waals surface area contributed by atoms with E-state index in [9.17, 15) is 9.18 Å². The number of carbonyl (C=O) groups excluding carboxylic acids is 1. The summed E-state index contributed by atoms with van der Waals surface area (Å²) in [6.07, 6.45) is 1.30. The lowest BCUT2D eigenvalue weighted by atomic mass is 10.2. The second-order valence-corrected chi connectivity index (χ2v) is 6.13. The SMILES string of the molecule is NC(=S)NC[C@@H]1CN(c2ccc(N3CCCC3)c(F)c2)C(=O)O1. The normalized spacial score (nSPS) is 20.7. The summed E-state index contributed by atoms with van der Waals surface area (Å²) < 4.78 is 19.6. The molecule has 0 aromatic heterocycles. The molecule has 1 aromatic rings. The average molecular weight is 338 g/mol. The summed E-state index contributed by atoms with van der Waals surface area (Å²) in [6, 6.07) is 4.86. The Hall–Kier alpha value is -2.09. The Balaban J connectivity index is 1.70. The molecule has 0 bridgehead atoms. The second kappa shape index (κ2) is 6.57. The van der Waals surface area contributed by atoms with Crippen molar-refractivity contribution in [1.29, 1.82) is 0 Å². The molecule has 1 aromatic carbocycles. The number of rotatable bonds is 4. The van der Waals surface area contributed by atoms with Crippen molar-refractivity contribution in [2.75, 3.05) is 36.0 Å². The van der Waals surface area contributed by atoms with E-state index in [-0.39, 0.29) is 17.0 Å². The van der Waals surface area contributed by atoms with E-state index >= 15 is 0 Å². The van der Waals surface area contributed by atoms with Crippen molar-refractivity contribution < 1.29 is 13.9 Å². The molecule has 2 fully saturated rings. The highest BCUT2D eigenvalue weighted by molar-refractivity contribution is 7.80. The first-order valence-corrected chi connectivity index (χ1v) is 8.01. The molecule has 0 radical (unpaired) electrons. The number of hydrogen-bond acceptors (Lipinski definition) is 4. The van der Waals surface area contributed by atoms with Gasteiger partial charge < -0.3 is 20.7 Å². The fourth-order valence-electron chi connectivity index (χ4n) is 2.93. The average Bonchev–Trinajstić information content (AvgIpc) is 3.14. The van der Waals surface area contributed by atoms with Gasteiger partial charge in [0.15, 0.2) is 5.11 Å². The fraction of sp³-hybridized carbons (Fsp3) is 0.467. The minimum Gasteiger partial charge on any atom is -0.442 e. The van der Waals surface area contributed by atoms with Crippen LogP contribution in [0, 0.1) is 5.82 Å². The molecule has 1 atom stereocenters. The van der Waals surface area contributed by atoms with Gasteiger partial charge in [0.1, 0.15) is 11.9 Å². The molecule has 23 heavy (non-hydrogen) atoms. The Morgan fingerprint density at radius 3 is 2.83 bits per heavy atom. The number of anilines is 2. The number of amides is 1. The number of nitrogens with two attached hydrogens (primary N) is 1. The van der Waals surface area contributed by atoms with E-state index in [1.165, 1.54) is 11.0 Å². The van der Waals surface area contributed by atoms with Crippen LogP contribution in [0.1, 0.15) is 12.8 Å². The highest BCUT2D eigenvalue weighted by Gasteiger charge is 2.32. The maximum absolute atomic E-state index is 14.4. The van der Waals surface area contributed by atoms with Crippen molar-refractivity contribution >= 4 is 34.8 Å². The van der Waals surface area contributed by atoms with Gasteiger partial charge in [-0.1, -0.05) is 0 Å². The highest BCUT2D eigenvalue weighted by atomic mass is 32.1. The molecular formula is C15H19FN4O2S. The molecule has 2 saturated heterocycles. The molecular weight excluding hydrogens is 319 g/mol. The third-order valence-corrected chi connectivity index (χ3v) is 4.21. The molecule has 6 nitrogen and oxygen atoms in total. The van der Waals surface area contributed by atoms with Gasteiger partial charge in [-0.25, -0.2) is 9.18 Å². The fourth-order valence-corrected chi connectivity index (χ4v) is 3.01. The first-order valence-electron chi connectivity index (χ1n) is 7.60. The first kappa shape index (κ1) is 15.8. The van der Waals surface area contributed by atoms with E-state index in [1.54, 1.807) is 12.1 Å². The van der Waals surface area contributed by atoms with Gasteiger partial charge >= 0.3 is 6.09 Å². The number of thiocarbonyl (C=S) groups is 1. The van der Waals surface area contributed by atoms with Gasteiger partial charge in [0.05, 0.1) is 24.5 Å². The van der Waals surface area contributed by atoms with Crippen molar-refractivity contribution in [2.45, 2.75) is 18.9 Å². The van der Waals surface area contributed by atoms with E-state index in [1.807, 2.05) is 4.90 Å². The van der Waals surface area contributed by atoms with E-state index in [2.05, 4.69) is 5.32 Å². The van der Waals surface area contributed by atoms with E-state index in [0.717, 1.165) is 25.9 Å². The van der Waals surface area contributed by atoms with Gasteiger partial charge in [0.25, 0.3) is 0 Å². The lowest BCUT2D eigenvalue weighted by Gasteiger charge is -2.20. The maximum Gasteiger partial charge on any atom is 0.414 e. The van der Waals surface area contributed by atoms with Gasteiger partial charge in [0, 0.05) is 13.1 Å². The summed E-state index contributed by atoms with van der Waals surface area (Å²) >= 11 is 4.72. The lowest BCUT2D eigenvalue weighted by Crippen LogP contribution is -2.37. The predicted octanol–water partition coefficient (Wildman–Crippen LogP) is 1.58. The summed E-state index contributed by atoms with van der Waals surface area (Å²) in [5.74, 6) is -0.318. The molecule has 0 unspecified atom stereocenters. The number of nitrogens with one attached hydrogen (secondary N) is 1. The Labute approximate surface area is 139 Å². The van der Waals surface area contributed by atoms with Crippen molar-refractivity contribution in [1.82, 2.24) is 5.32 Å². The van der Waals surface area contributed by atoms with Crippen LogP contribution in [0.15, 0.2) is 18.2 Å². The molecule has 3 N–H and O–H groups in total. The predicted molar refractivity (Wildman–Crippen MR) is 90.3 cm³/mol. The van der Waals surface area contributed by atoms with Crippen LogP contribution in [0.5, 0.6) is 0 Å². The van der Waals surface area contributed by atoms with Crippen LogP contribution >= 0.6 is 12.2 Å². The summed E-state index contributed by atoms with van der Waals surface area (Å²) in [5.41, 5.74) is 6.44. The van der Waals surface area contributed by atoms with Crippen molar-refractivity contribution in [3.63, 3.8) is 0 Å². The zero-order chi connectivity index (χ0) is 16.4. The largest absolute Gasteiger partial charge is 0.442 e. The van der Waals surface area contributed by atoms with Gasteiger partial charge in [-0.15, -0.1) is 0 Å². The van der Waals surface area contributed by atoms with E-state index in [0.29, 0.717) is 24.5 Å². The quantitative estimate of drug-likeness (QED) is 0.813. The van der Waals surface area contributed by atoms with Crippen LogP contribution in [0.4, 0.5) is 20.6 Å². The van der Waals surface area contributed by atoms with Crippen LogP contribution in [0.2, 0.25) is 0 Å². The summed E-state index contributed by atoms with van der Waals surface area (Å²) in [4.78, 5) is 15.4. The molecule has 3 rings (SSSR count). The summed E-state index contributed by atoms with van der Waals surface area (Å²) in [6.45, 7) is 2.41. The second-order valence-electron chi connectivity index (χ2n) is 5.69. The number of hydrogen-bond donors (Lipinski definition) is 2. The minimum absolute atomic E-state index is 0.153. The van der Waals surface area contributed by atoms with Crippen LogP contribution in [-0.4, -0.2) is 43.5 Å². The Morgan fingerprint density at radius 1 is 1.43 bits per heavy atom. The van der Waals surface area contributed by atoms with Crippen LogP contribution < -0.4 is 20.9 Å². The van der Waals surface area contributed by atoms with Gasteiger partial charge in [0.2, 0.25) is 0 Å². The van der Waals surface area contributed by atoms with E-state index in [4.69, 9.17) is 22.7 Å². The van der Waals surface area contributed by atoms with Crippen LogP contribution in [0.25, 0.3) is 0 Å². The molecule has 0 spiro atoms. The first-order chi connectivity index (χ1) is 11.0. The molecule has 0 aliphatic carbocycles. The molecule has 2 aliphatic heterocycles. The number of nitrogens with zero attached hydrogens (tertiary/aromatic N) is 2. The molecule has 2 heterocycles. The third-order valence-electron chi connectivity index (χ3n) is 4.07. The van der Waals surface area contributed by atoms with E-state index < -0.39 is 6.09 Å². The number of carbonyl (C=O) groups is 1. The van der Waals surface area contributed by atoms with Crippen molar-refractivity contribution in [3.05, 3.63) is 24.0 Å². The topological polar surface area (TPSA) is 70.8 Å². The third kappa shape index (κ3) is 3.47. The van der Waals surface area contributed by atoms with Gasteiger partial charge in [-0.2, -0.15) is 0 Å². The molecule has 2 aliphatic rings. The summed E-state index contributed by atoms with van der Waals surface area (Å²) in [5, 5.41) is 2.92. The number of cyclic esters (lactones) is 1. The zero-order valence-electron chi connectivity index (χ0n) is 12.6. The molecule has 124 valence electrons. The maximum atomic E-state index is 14.4. The Kier molecular flexibility index (Phi) is 4.51. The van der Waals surface area contributed by atoms with Gasteiger partial charge in [-0.05, 0) is 43.3 Å². The summed E-state index contributed by atoms with van der Waals surface area (Å²) in [7, 11) is 0. The zero-order valence-corrected chi connectivity index (χ0v) is 13.4. The van der Waals surface area contributed by atoms with Crippen molar-refractivity contribution in [2.24, 2.45) is 5.73 Å². The molecule has 8 heteroatoms. The Bertz CT molecular complexity index is 621. The van der Waals surface area contributed by atoms with Crippen LogP contribution in [0.3, 0.4) is 0 Å². The lowest BCUT2D eigenvalue weighted by molar-refractivity contribution is 0.143. The van der Waals surface area contributed by atoms with Crippen molar-refractivity contribution in [3.8, 4) is 0 Å². The number of benzene rings is 1. The number of halogens is 1. The smallest absolute Gasteiger partial charge is 0.414 e. The monoisotopic (exact) mass is 338 g/mol. The minimum atomic E-state index is -0.493.